The van der Waals surface area contributed by atoms with E-state index in [9.17, 15) is 27.6 Å². The first kappa shape index (κ1) is 26.7. The summed E-state index contributed by atoms with van der Waals surface area (Å²) in [7, 11) is 0.968. The number of nitrogens with zero attached hydrogens (tertiary/aromatic N) is 3. The summed E-state index contributed by atoms with van der Waals surface area (Å²) in [5.74, 6) is 0.000411. The summed E-state index contributed by atoms with van der Waals surface area (Å²) < 4.78 is 57.3. The maximum Gasteiger partial charge on any atom is 0.431 e. The van der Waals surface area contributed by atoms with Crippen LogP contribution in [0.25, 0.3) is 27.0 Å². The molecule has 204 valence electrons. The molecule has 1 fully saturated rings. The van der Waals surface area contributed by atoms with Crippen LogP contribution in [0.1, 0.15) is 36.9 Å². The summed E-state index contributed by atoms with van der Waals surface area (Å²) >= 11 is 1.20. The first-order chi connectivity index (χ1) is 18.5. The van der Waals surface area contributed by atoms with Gasteiger partial charge < -0.3 is 9.47 Å². The third kappa shape index (κ3) is 5.33. The van der Waals surface area contributed by atoms with Gasteiger partial charge in [-0.15, -0.1) is 0 Å². The third-order valence-corrected chi connectivity index (χ3v) is 7.57. The van der Waals surface area contributed by atoms with Crippen LogP contribution in [0.4, 0.5) is 13.2 Å². The summed E-state index contributed by atoms with van der Waals surface area (Å²) in [4.78, 5) is 37.6. The van der Waals surface area contributed by atoms with Crippen molar-refractivity contribution < 1.29 is 27.4 Å². The Labute approximate surface area is 224 Å². The van der Waals surface area contributed by atoms with Crippen LogP contribution in [-0.4, -0.2) is 32.2 Å². The molecule has 8 nitrogen and oxygen atoms in total. The number of esters is 1. The maximum atomic E-state index is 13.3. The van der Waals surface area contributed by atoms with E-state index < -0.39 is 29.1 Å². The maximum absolute atomic E-state index is 13.3. The van der Waals surface area contributed by atoms with Crippen LogP contribution in [0.15, 0.2) is 52.1 Å². The lowest BCUT2D eigenvalue weighted by molar-refractivity contribution is -0.151. The summed E-state index contributed by atoms with van der Waals surface area (Å²) in [6.45, 7) is 1.64. The summed E-state index contributed by atoms with van der Waals surface area (Å²) in [5.41, 5.74) is -1.32. The second-order valence-electron chi connectivity index (χ2n) is 9.42. The van der Waals surface area contributed by atoms with Crippen LogP contribution in [0.5, 0.6) is 5.75 Å². The Hall–Kier alpha value is -3.93. The minimum absolute atomic E-state index is 0.0563. The van der Waals surface area contributed by atoms with Gasteiger partial charge in [0.2, 0.25) is 0 Å². The molecule has 2 aromatic carbocycles. The number of aryl methyl sites for hydroxylation is 1. The third-order valence-electron chi connectivity index (χ3n) is 6.74. The van der Waals surface area contributed by atoms with E-state index in [1.165, 1.54) is 17.6 Å². The molecule has 0 saturated heterocycles. The van der Waals surface area contributed by atoms with Crippen molar-refractivity contribution in [3.8, 4) is 22.7 Å². The molecule has 0 radical (unpaired) electrons. The normalized spacial score (nSPS) is 14.2. The highest BCUT2D eigenvalue weighted by Gasteiger charge is 2.35. The predicted molar refractivity (Wildman–Crippen MR) is 139 cm³/mol. The molecule has 0 spiro atoms. The number of aromatic nitrogens is 3. The Morgan fingerprint density at radius 3 is 2.56 bits per heavy atom. The highest BCUT2D eigenvalue weighted by atomic mass is 32.1. The van der Waals surface area contributed by atoms with Gasteiger partial charge in [0.25, 0.3) is 5.56 Å². The molecule has 0 aliphatic heterocycles. The molecule has 39 heavy (non-hydrogen) atoms. The average Bonchev–Trinajstić information content (AvgIpc) is 3.55. The monoisotopic (exact) mass is 559 g/mol. The molecular weight excluding hydrogens is 535 g/mol. The molecule has 0 unspecified atom stereocenters. The van der Waals surface area contributed by atoms with Crippen LogP contribution in [0.2, 0.25) is 0 Å². The molecule has 1 aliphatic rings. The van der Waals surface area contributed by atoms with E-state index in [0.29, 0.717) is 37.6 Å². The second kappa shape index (κ2) is 10.3. The quantitative estimate of drug-likeness (QED) is 0.309. The van der Waals surface area contributed by atoms with Crippen molar-refractivity contribution in [1.82, 2.24) is 13.5 Å². The molecule has 0 atom stereocenters. The SMILES string of the molecule is Cc1ccc(OCC(=O)OC2CCCC2)cc1-c1nsc2ccc(-n3c(=O)cc(C(F)(F)F)n(C)c3=O)cc12. The van der Waals surface area contributed by atoms with Crippen LogP contribution >= 0.6 is 11.5 Å². The number of rotatable bonds is 6. The number of alkyl halides is 3. The van der Waals surface area contributed by atoms with E-state index in [-0.39, 0.29) is 18.4 Å². The molecular formula is C27H24F3N3O5S. The number of halogens is 3. The van der Waals surface area contributed by atoms with Crippen molar-refractivity contribution in [3.63, 3.8) is 0 Å². The fourth-order valence-electron chi connectivity index (χ4n) is 4.71. The topological polar surface area (TPSA) is 92.4 Å². The van der Waals surface area contributed by atoms with E-state index in [1.807, 2.05) is 13.0 Å². The lowest BCUT2D eigenvalue weighted by Crippen LogP contribution is -2.40. The molecule has 0 amide bonds. The van der Waals surface area contributed by atoms with Gasteiger partial charge in [-0.05, 0) is 80.0 Å². The van der Waals surface area contributed by atoms with Crippen molar-refractivity contribution in [3.05, 3.63) is 74.6 Å². The van der Waals surface area contributed by atoms with Gasteiger partial charge in [-0.3, -0.25) is 9.36 Å². The molecule has 12 heteroatoms. The van der Waals surface area contributed by atoms with E-state index in [4.69, 9.17) is 9.47 Å². The van der Waals surface area contributed by atoms with Crippen LogP contribution in [0.3, 0.4) is 0 Å². The molecule has 4 aromatic rings. The number of carbonyl (C=O) groups excluding carboxylic acids is 1. The lowest BCUT2D eigenvalue weighted by Gasteiger charge is -2.14. The first-order valence-corrected chi connectivity index (χ1v) is 13.0. The van der Waals surface area contributed by atoms with Crippen molar-refractivity contribution in [2.24, 2.45) is 7.05 Å². The number of benzene rings is 2. The van der Waals surface area contributed by atoms with Gasteiger partial charge in [-0.2, -0.15) is 17.5 Å². The summed E-state index contributed by atoms with van der Waals surface area (Å²) in [5, 5.41) is 0.604. The standard InChI is InChI=1S/C27H24F3N3O5S/c1-15-7-9-18(37-14-24(35)38-17-5-3-4-6-17)12-19(15)25-20-11-16(8-10-21(20)39-31-25)33-23(34)13-22(27(28,29)30)32(2)26(33)36/h7-13,17H,3-6,14H2,1-2H3. The van der Waals surface area contributed by atoms with Gasteiger partial charge >= 0.3 is 17.8 Å². The zero-order valence-corrected chi connectivity index (χ0v) is 21.9. The Morgan fingerprint density at radius 2 is 1.85 bits per heavy atom. The molecule has 5 rings (SSSR count). The van der Waals surface area contributed by atoms with E-state index >= 15 is 0 Å². The number of carbonyl (C=O) groups is 1. The zero-order chi connectivity index (χ0) is 27.9. The van der Waals surface area contributed by atoms with Crippen molar-refractivity contribution in [2.45, 2.75) is 44.9 Å². The van der Waals surface area contributed by atoms with Crippen molar-refractivity contribution in [1.29, 1.82) is 0 Å². The van der Waals surface area contributed by atoms with E-state index in [1.54, 1.807) is 24.3 Å². The Morgan fingerprint density at radius 1 is 1.10 bits per heavy atom. The van der Waals surface area contributed by atoms with E-state index in [0.717, 1.165) is 43.0 Å². The second-order valence-corrected chi connectivity index (χ2v) is 10.2. The Kier molecular flexibility index (Phi) is 7.06. The average molecular weight is 560 g/mol. The van der Waals surface area contributed by atoms with Gasteiger partial charge in [0.15, 0.2) is 6.61 Å². The zero-order valence-electron chi connectivity index (χ0n) is 21.1. The van der Waals surface area contributed by atoms with Gasteiger partial charge in [-0.1, -0.05) is 6.07 Å². The smallest absolute Gasteiger partial charge is 0.431 e. The molecule has 1 aliphatic carbocycles. The lowest BCUT2D eigenvalue weighted by atomic mass is 10.0. The predicted octanol–water partition coefficient (Wildman–Crippen LogP) is 5.00. The number of hydrogen-bond donors (Lipinski definition) is 0. The Balaban J connectivity index is 1.48. The van der Waals surface area contributed by atoms with E-state index in [2.05, 4.69) is 4.37 Å². The minimum Gasteiger partial charge on any atom is -0.482 e. The largest absolute Gasteiger partial charge is 0.482 e. The van der Waals surface area contributed by atoms with Crippen molar-refractivity contribution >= 4 is 27.6 Å². The van der Waals surface area contributed by atoms with Crippen LogP contribution < -0.4 is 16.0 Å². The molecule has 1 saturated carbocycles. The summed E-state index contributed by atoms with van der Waals surface area (Å²) in [6, 6.07) is 10.4. The van der Waals surface area contributed by atoms with Gasteiger partial charge in [-0.25, -0.2) is 14.2 Å². The first-order valence-electron chi connectivity index (χ1n) is 12.3. The molecule has 0 bridgehead atoms. The van der Waals surface area contributed by atoms with Gasteiger partial charge in [0.05, 0.1) is 16.1 Å². The number of fused-ring (bicyclic) bond motifs is 1. The fraction of sp³-hybridized carbons (Fsp3) is 0.333. The molecule has 2 heterocycles. The molecule has 0 N–H and O–H groups in total. The molecule has 2 aromatic heterocycles. The van der Waals surface area contributed by atoms with Crippen LogP contribution in [0, 0.1) is 6.92 Å². The minimum atomic E-state index is -4.85. The highest BCUT2D eigenvalue weighted by Crippen LogP contribution is 2.35. The van der Waals surface area contributed by atoms with Crippen LogP contribution in [-0.2, 0) is 22.8 Å². The summed E-state index contributed by atoms with van der Waals surface area (Å²) in [6.07, 6.45) is -1.08. The number of ether oxygens (including phenoxy) is 2. The fourth-order valence-corrected chi connectivity index (χ4v) is 5.48. The van der Waals surface area contributed by atoms with Crippen molar-refractivity contribution in [2.75, 3.05) is 6.61 Å². The Bertz CT molecular complexity index is 1680. The van der Waals surface area contributed by atoms with Gasteiger partial charge in [0, 0.05) is 24.1 Å². The van der Waals surface area contributed by atoms with Gasteiger partial charge in [0.1, 0.15) is 17.5 Å². The highest BCUT2D eigenvalue weighted by molar-refractivity contribution is 7.13. The number of hydrogen-bond acceptors (Lipinski definition) is 7.